The van der Waals surface area contributed by atoms with Crippen LogP contribution in [0.15, 0.2) is 52.3 Å². The Labute approximate surface area is 178 Å². The van der Waals surface area contributed by atoms with Gasteiger partial charge in [-0.2, -0.15) is 0 Å². The molecular formula is C21H20ClN3O4S. The van der Waals surface area contributed by atoms with Crippen molar-refractivity contribution in [1.82, 2.24) is 9.88 Å². The van der Waals surface area contributed by atoms with E-state index in [1.54, 1.807) is 30.0 Å². The van der Waals surface area contributed by atoms with Gasteiger partial charge in [0.1, 0.15) is 5.56 Å². The Morgan fingerprint density at radius 3 is 2.63 bits per heavy atom. The maximum absolute atomic E-state index is 13.0. The summed E-state index contributed by atoms with van der Waals surface area (Å²) >= 11 is 6.07. The lowest BCUT2D eigenvalue weighted by Gasteiger charge is -2.15. The third kappa shape index (κ3) is 3.68. The fourth-order valence-electron chi connectivity index (χ4n) is 3.54. The number of halogens is 1. The number of nitrogens with zero attached hydrogens (tertiary/aromatic N) is 1. The van der Waals surface area contributed by atoms with Crippen molar-refractivity contribution < 1.29 is 13.2 Å². The van der Waals surface area contributed by atoms with E-state index in [1.807, 2.05) is 0 Å². The van der Waals surface area contributed by atoms with Crippen LogP contribution < -0.4 is 10.2 Å². The number of aromatic nitrogens is 1. The zero-order valence-corrected chi connectivity index (χ0v) is 17.8. The highest BCUT2D eigenvalue weighted by Crippen LogP contribution is 2.26. The van der Waals surface area contributed by atoms with Crippen LogP contribution in [0.4, 0.5) is 5.69 Å². The van der Waals surface area contributed by atoms with E-state index in [9.17, 15) is 18.0 Å². The molecule has 1 amide bonds. The van der Waals surface area contributed by atoms with Gasteiger partial charge in [-0.05, 0) is 55.7 Å². The van der Waals surface area contributed by atoms with E-state index in [0.29, 0.717) is 34.9 Å². The van der Waals surface area contributed by atoms with Crippen LogP contribution in [0.1, 0.15) is 28.8 Å². The fourth-order valence-corrected chi connectivity index (χ4v) is 4.86. The second-order valence-electron chi connectivity index (χ2n) is 7.26. The van der Waals surface area contributed by atoms with E-state index in [2.05, 4.69) is 9.71 Å². The van der Waals surface area contributed by atoms with Gasteiger partial charge in [0.25, 0.3) is 15.9 Å². The number of H-pyrrole nitrogens is 1. The molecule has 0 aliphatic carbocycles. The van der Waals surface area contributed by atoms with Crippen LogP contribution >= 0.6 is 11.6 Å². The molecule has 2 N–H and O–H groups in total. The number of amides is 1. The van der Waals surface area contributed by atoms with Crippen LogP contribution in [0.2, 0.25) is 5.02 Å². The molecular weight excluding hydrogens is 426 g/mol. The Morgan fingerprint density at radius 1 is 1.17 bits per heavy atom. The summed E-state index contributed by atoms with van der Waals surface area (Å²) < 4.78 is 28.3. The Balaban J connectivity index is 1.75. The predicted octanol–water partition coefficient (Wildman–Crippen LogP) is 3.53. The molecule has 1 fully saturated rings. The Hall–Kier alpha value is -2.84. The van der Waals surface area contributed by atoms with E-state index >= 15 is 0 Å². The molecule has 0 bridgehead atoms. The molecule has 0 unspecified atom stereocenters. The number of rotatable bonds is 4. The first kappa shape index (κ1) is 20.4. The molecule has 4 rings (SSSR count). The van der Waals surface area contributed by atoms with Crippen LogP contribution in [0, 0.1) is 6.92 Å². The molecule has 2 heterocycles. The normalized spacial score (nSPS) is 14.3. The van der Waals surface area contributed by atoms with Crippen molar-refractivity contribution in [3.05, 3.63) is 69.0 Å². The summed E-state index contributed by atoms with van der Waals surface area (Å²) in [7, 11) is -3.97. The van der Waals surface area contributed by atoms with Crippen molar-refractivity contribution >= 4 is 44.1 Å². The molecule has 1 aliphatic heterocycles. The molecule has 0 saturated carbocycles. The monoisotopic (exact) mass is 445 g/mol. The van der Waals surface area contributed by atoms with E-state index in [-0.39, 0.29) is 21.8 Å². The van der Waals surface area contributed by atoms with E-state index in [1.165, 1.54) is 24.4 Å². The highest BCUT2D eigenvalue weighted by atomic mass is 35.5. The van der Waals surface area contributed by atoms with Gasteiger partial charge in [0.05, 0.1) is 10.6 Å². The molecule has 156 valence electrons. The van der Waals surface area contributed by atoms with Crippen LogP contribution in [0.5, 0.6) is 0 Å². The molecule has 9 heteroatoms. The smallest absolute Gasteiger partial charge is 0.261 e. The largest absolute Gasteiger partial charge is 0.360 e. The lowest BCUT2D eigenvalue weighted by Crippen LogP contribution is -2.32. The Kier molecular flexibility index (Phi) is 5.29. The Bertz CT molecular complexity index is 1310. The molecule has 30 heavy (non-hydrogen) atoms. The number of carbonyl (C=O) groups excluding carboxylic acids is 1. The second-order valence-corrected chi connectivity index (χ2v) is 9.35. The lowest BCUT2D eigenvalue weighted by atomic mass is 10.1. The highest BCUT2D eigenvalue weighted by Gasteiger charge is 2.23. The quantitative estimate of drug-likeness (QED) is 0.641. The summed E-state index contributed by atoms with van der Waals surface area (Å²) in [5.74, 6) is -0.336. The van der Waals surface area contributed by atoms with Gasteiger partial charge in [-0.1, -0.05) is 17.7 Å². The van der Waals surface area contributed by atoms with Gasteiger partial charge in [-0.15, -0.1) is 0 Å². The lowest BCUT2D eigenvalue weighted by molar-refractivity contribution is 0.0791. The zero-order chi connectivity index (χ0) is 21.5. The molecule has 7 nitrogen and oxygen atoms in total. The summed E-state index contributed by atoms with van der Waals surface area (Å²) in [5.41, 5.74) is 0.930. The summed E-state index contributed by atoms with van der Waals surface area (Å²) in [6, 6.07) is 9.14. The van der Waals surface area contributed by atoms with E-state index < -0.39 is 15.5 Å². The summed E-state index contributed by atoms with van der Waals surface area (Å²) in [5, 5.41) is 0.584. The topological polar surface area (TPSA) is 99.3 Å². The standard InChI is InChI=1S/C21H20ClN3O4S/c1-13-17(22)5-4-6-18(13)24-30(28,29)14-7-8-19-15(11-14)20(26)16(12-23-19)21(27)25-9-2-3-10-25/h4-8,11-12,24H,2-3,9-10H2,1H3,(H,23,26). The number of fused-ring (bicyclic) bond motifs is 1. The first-order chi connectivity index (χ1) is 14.3. The maximum Gasteiger partial charge on any atom is 0.261 e. The average molecular weight is 446 g/mol. The predicted molar refractivity (Wildman–Crippen MR) is 117 cm³/mol. The minimum Gasteiger partial charge on any atom is -0.360 e. The van der Waals surface area contributed by atoms with Crippen molar-refractivity contribution in [2.75, 3.05) is 17.8 Å². The van der Waals surface area contributed by atoms with Crippen molar-refractivity contribution in [3.63, 3.8) is 0 Å². The third-order valence-corrected chi connectivity index (χ3v) is 7.07. The summed E-state index contributed by atoms with van der Waals surface area (Å²) in [4.78, 5) is 30.1. The molecule has 3 aromatic rings. The molecule has 0 radical (unpaired) electrons. The number of anilines is 1. The molecule has 0 atom stereocenters. The van der Waals surface area contributed by atoms with Gasteiger partial charge >= 0.3 is 0 Å². The maximum atomic E-state index is 13.0. The average Bonchev–Trinajstić information content (AvgIpc) is 3.26. The van der Waals surface area contributed by atoms with Gasteiger partial charge in [0.2, 0.25) is 5.43 Å². The van der Waals surface area contributed by atoms with E-state index in [0.717, 1.165) is 12.8 Å². The molecule has 0 spiro atoms. The number of aromatic amines is 1. The van der Waals surface area contributed by atoms with Crippen molar-refractivity contribution in [2.24, 2.45) is 0 Å². The number of hydrogen-bond donors (Lipinski definition) is 2. The minimum atomic E-state index is -3.97. The number of pyridine rings is 1. The fraction of sp³-hybridized carbons (Fsp3) is 0.238. The number of benzene rings is 2. The number of likely N-dealkylation sites (tertiary alicyclic amines) is 1. The van der Waals surface area contributed by atoms with Gasteiger partial charge < -0.3 is 9.88 Å². The number of nitrogens with one attached hydrogen (secondary N) is 2. The summed E-state index contributed by atoms with van der Waals surface area (Å²) in [6.07, 6.45) is 3.22. The van der Waals surface area contributed by atoms with Gasteiger partial charge in [0.15, 0.2) is 0 Å². The first-order valence-electron chi connectivity index (χ1n) is 9.50. The van der Waals surface area contributed by atoms with Gasteiger partial charge in [-0.25, -0.2) is 8.42 Å². The SMILES string of the molecule is Cc1c(Cl)cccc1NS(=O)(=O)c1ccc2[nH]cc(C(=O)N3CCCC3)c(=O)c2c1. The van der Waals surface area contributed by atoms with Crippen LogP contribution in [0.3, 0.4) is 0 Å². The number of carbonyl (C=O) groups is 1. The number of hydrogen-bond acceptors (Lipinski definition) is 4. The van der Waals surface area contributed by atoms with Crippen LogP contribution in [-0.2, 0) is 10.0 Å². The van der Waals surface area contributed by atoms with Crippen molar-refractivity contribution in [3.8, 4) is 0 Å². The molecule has 2 aromatic carbocycles. The first-order valence-corrected chi connectivity index (χ1v) is 11.4. The molecule has 1 saturated heterocycles. The zero-order valence-electron chi connectivity index (χ0n) is 16.2. The van der Waals surface area contributed by atoms with Crippen LogP contribution in [0.25, 0.3) is 10.9 Å². The van der Waals surface area contributed by atoms with E-state index in [4.69, 9.17) is 11.6 Å². The molecule has 1 aromatic heterocycles. The van der Waals surface area contributed by atoms with Gasteiger partial charge in [-0.3, -0.25) is 14.3 Å². The van der Waals surface area contributed by atoms with Crippen LogP contribution in [-0.4, -0.2) is 37.3 Å². The number of sulfonamides is 1. The highest BCUT2D eigenvalue weighted by molar-refractivity contribution is 7.92. The van der Waals surface area contributed by atoms with Gasteiger partial charge in [0, 0.05) is 35.2 Å². The van der Waals surface area contributed by atoms with Crippen molar-refractivity contribution in [1.29, 1.82) is 0 Å². The second kappa shape index (κ2) is 7.77. The Morgan fingerprint density at radius 2 is 1.90 bits per heavy atom. The summed E-state index contributed by atoms with van der Waals surface area (Å²) in [6.45, 7) is 2.95. The minimum absolute atomic E-state index is 0.0117. The molecule has 1 aliphatic rings. The third-order valence-electron chi connectivity index (χ3n) is 5.30. The van der Waals surface area contributed by atoms with Crippen molar-refractivity contribution in [2.45, 2.75) is 24.7 Å².